The number of hydrogen-bond donors (Lipinski definition) is 1. The molecule has 0 aromatic carbocycles. The minimum atomic E-state index is -0.845. The number of hydrogen-bond acceptors (Lipinski definition) is 4. The number of rotatable bonds is 6. The minimum Gasteiger partial charge on any atom is -0.481 e. The number of aliphatic carboxylic acids is 1. The molecule has 0 saturated carbocycles. The predicted octanol–water partition coefficient (Wildman–Crippen LogP) is 2.49. The Labute approximate surface area is 133 Å². The van der Waals surface area contributed by atoms with Crippen LogP contribution in [0.5, 0.6) is 0 Å². The zero-order valence-electron chi connectivity index (χ0n) is 12.9. The highest BCUT2D eigenvalue weighted by atomic mass is 32.1. The molecule has 0 saturated heterocycles. The number of aryl methyl sites for hydroxylation is 1. The van der Waals surface area contributed by atoms with Crippen molar-refractivity contribution < 1.29 is 14.7 Å². The third-order valence-corrected chi connectivity index (χ3v) is 4.26. The summed E-state index contributed by atoms with van der Waals surface area (Å²) >= 11 is 1.52. The second-order valence-electron chi connectivity index (χ2n) is 5.16. The van der Waals surface area contributed by atoms with Crippen LogP contribution >= 0.6 is 11.3 Å². The summed E-state index contributed by atoms with van der Waals surface area (Å²) in [6.07, 6.45) is 2.25. The quantitative estimate of drug-likeness (QED) is 0.887. The molecule has 2 heterocycles. The van der Waals surface area contributed by atoms with E-state index in [9.17, 15) is 9.59 Å². The summed E-state index contributed by atoms with van der Waals surface area (Å²) in [5.74, 6) is -0.941. The Morgan fingerprint density at radius 1 is 1.41 bits per heavy atom. The Bertz CT molecular complexity index is 677. The summed E-state index contributed by atoms with van der Waals surface area (Å²) in [5.41, 5.74) is 2.43. The van der Waals surface area contributed by atoms with Crippen molar-refractivity contribution in [1.82, 2.24) is 14.5 Å². The second kappa shape index (κ2) is 6.74. The molecule has 22 heavy (non-hydrogen) atoms. The molecule has 2 rings (SSSR count). The minimum absolute atomic E-state index is 0.0652. The predicted molar refractivity (Wildman–Crippen MR) is 84.7 cm³/mol. The van der Waals surface area contributed by atoms with Crippen LogP contribution in [0.3, 0.4) is 0 Å². The van der Waals surface area contributed by atoms with Gasteiger partial charge in [-0.05, 0) is 26.3 Å². The van der Waals surface area contributed by atoms with Gasteiger partial charge in [-0.2, -0.15) is 0 Å². The second-order valence-corrected chi connectivity index (χ2v) is 6.03. The normalized spacial score (nSPS) is 10.7. The fourth-order valence-corrected chi connectivity index (χ4v) is 3.13. The van der Waals surface area contributed by atoms with Crippen LogP contribution in [0.2, 0.25) is 0 Å². The van der Waals surface area contributed by atoms with Crippen molar-refractivity contribution in [2.24, 2.45) is 0 Å². The summed E-state index contributed by atoms with van der Waals surface area (Å²) in [5, 5.41) is 11.4. The summed E-state index contributed by atoms with van der Waals surface area (Å²) < 4.78 is 1.96. The van der Waals surface area contributed by atoms with Crippen molar-refractivity contribution in [2.75, 3.05) is 13.6 Å². The molecule has 0 fully saturated rings. The highest BCUT2D eigenvalue weighted by Crippen LogP contribution is 2.23. The molecule has 0 unspecified atom stereocenters. The Balaban J connectivity index is 2.17. The van der Waals surface area contributed by atoms with Gasteiger partial charge in [0.2, 0.25) is 0 Å². The molecule has 2 aromatic heterocycles. The molecule has 0 radical (unpaired) electrons. The van der Waals surface area contributed by atoms with Crippen molar-refractivity contribution in [3.8, 4) is 5.13 Å². The summed E-state index contributed by atoms with van der Waals surface area (Å²) in [4.78, 5) is 28.9. The van der Waals surface area contributed by atoms with Crippen molar-refractivity contribution in [1.29, 1.82) is 0 Å². The van der Waals surface area contributed by atoms with Crippen LogP contribution in [0.1, 0.15) is 34.6 Å². The van der Waals surface area contributed by atoms with Gasteiger partial charge in [0.15, 0.2) is 5.13 Å². The number of aromatic nitrogens is 2. The van der Waals surface area contributed by atoms with Gasteiger partial charge in [0.25, 0.3) is 5.91 Å². The first kappa shape index (κ1) is 16.2. The summed E-state index contributed by atoms with van der Waals surface area (Å²) in [6, 6.07) is 1.85. The zero-order chi connectivity index (χ0) is 16.3. The molecule has 0 spiro atoms. The van der Waals surface area contributed by atoms with Crippen LogP contribution in [0.25, 0.3) is 5.13 Å². The average molecular weight is 321 g/mol. The zero-order valence-corrected chi connectivity index (χ0v) is 13.7. The molecule has 6 nitrogen and oxygen atoms in total. The molecule has 0 aliphatic rings. The topological polar surface area (TPSA) is 75.4 Å². The first-order valence-corrected chi connectivity index (χ1v) is 7.86. The number of carbonyl (C=O) groups excluding carboxylic acids is 1. The number of amides is 1. The fourth-order valence-electron chi connectivity index (χ4n) is 2.37. The number of thiazole rings is 1. The highest BCUT2D eigenvalue weighted by molar-refractivity contribution is 7.12. The molecule has 0 aliphatic heterocycles. The van der Waals surface area contributed by atoms with Gasteiger partial charge in [-0.1, -0.05) is 0 Å². The number of carbonyl (C=O) groups is 2. The largest absolute Gasteiger partial charge is 0.481 e. The van der Waals surface area contributed by atoms with E-state index in [1.54, 1.807) is 18.1 Å². The van der Waals surface area contributed by atoms with E-state index < -0.39 is 5.97 Å². The lowest BCUT2D eigenvalue weighted by Gasteiger charge is -2.16. The summed E-state index contributed by atoms with van der Waals surface area (Å²) in [6.45, 7) is 4.26. The Hall–Kier alpha value is -2.15. The number of carboxylic acids is 1. The lowest BCUT2D eigenvalue weighted by atomic mass is 10.2. The van der Waals surface area contributed by atoms with E-state index in [0.29, 0.717) is 18.5 Å². The molecule has 1 N–H and O–H groups in total. The molecule has 2 aromatic rings. The van der Waals surface area contributed by atoms with Crippen molar-refractivity contribution in [2.45, 2.75) is 26.7 Å². The molecule has 7 heteroatoms. The van der Waals surface area contributed by atoms with Gasteiger partial charge in [-0.25, -0.2) is 4.98 Å². The molecule has 118 valence electrons. The average Bonchev–Trinajstić information content (AvgIpc) is 3.05. The van der Waals surface area contributed by atoms with E-state index >= 15 is 0 Å². The smallest absolute Gasteiger partial charge is 0.303 e. The van der Waals surface area contributed by atoms with E-state index in [4.69, 9.17) is 5.11 Å². The Morgan fingerprint density at radius 3 is 2.73 bits per heavy atom. The molecule has 0 bridgehead atoms. The SMILES string of the molecule is Cc1cc(C(=O)N(C)CCCC(=O)O)c(C)n1-c1nccs1. The van der Waals surface area contributed by atoms with E-state index in [-0.39, 0.29) is 12.3 Å². The van der Waals surface area contributed by atoms with Gasteiger partial charge >= 0.3 is 5.97 Å². The van der Waals surface area contributed by atoms with Crippen LogP contribution in [-0.4, -0.2) is 45.0 Å². The maximum absolute atomic E-state index is 12.5. The molecule has 1 amide bonds. The standard InChI is InChI=1S/C15H19N3O3S/c1-10-9-12(11(2)18(10)15-16-6-8-22-15)14(21)17(3)7-4-5-13(19)20/h6,8-9H,4-5,7H2,1-3H3,(H,19,20). The molecular formula is C15H19N3O3S. The van der Waals surface area contributed by atoms with Gasteiger partial charge in [0.05, 0.1) is 5.56 Å². The van der Waals surface area contributed by atoms with Crippen molar-refractivity contribution in [3.05, 3.63) is 34.6 Å². The van der Waals surface area contributed by atoms with Crippen LogP contribution in [0.15, 0.2) is 17.6 Å². The maximum Gasteiger partial charge on any atom is 0.303 e. The Kier molecular flexibility index (Phi) is 4.97. The van der Waals surface area contributed by atoms with Crippen LogP contribution in [0.4, 0.5) is 0 Å². The van der Waals surface area contributed by atoms with Crippen LogP contribution in [0, 0.1) is 13.8 Å². The molecular weight excluding hydrogens is 302 g/mol. The van der Waals surface area contributed by atoms with E-state index in [2.05, 4.69) is 4.98 Å². The highest BCUT2D eigenvalue weighted by Gasteiger charge is 2.20. The first-order valence-electron chi connectivity index (χ1n) is 6.98. The number of carboxylic acid groups (broad SMARTS) is 1. The third-order valence-electron chi connectivity index (χ3n) is 3.50. The van der Waals surface area contributed by atoms with Gasteiger partial charge in [-0.3, -0.25) is 14.2 Å². The van der Waals surface area contributed by atoms with Crippen molar-refractivity contribution in [3.63, 3.8) is 0 Å². The monoisotopic (exact) mass is 321 g/mol. The summed E-state index contributed by atoms with van der Waals surface area (Å²) in [7, 11) is 1.69. The van der Waals surface area contributed by atoms with Gasteiger partial charge in [0, 0.05) is 43.0 Å². The van der Waals surface area contributed by atoms with Gasteiger partial charge in [0.1, 0.15) is 0 Å². The number of nitrogens with zero attached hydrogens (tertiary/aromatic N) is 3. The van der Waals surface area contributed by atoms with Crippen molar-refractivity contribution >= 4 is 23.2 Å². The first-order chi connectivity index (χ1) is 10.4. The van der Waals surface area contributed by atoms with Gasteiger partial charge in [-0.15, -0.1) is 11.3 Å². The maximum atomic E-state index is 12.5. The fraction of sp³-hybridized carbons (Fsp3) is 0.400. The van der Waals surface area contributed by atoms with Gasteiger partial charge < -0.3 is 10.0 Å². The van der Waals surface area contributed by atoms with Crippen LogP contribution in [-0.2, 0) is 4.79 Å². The lowest BCUT2D eigenvalue weighted by Crippen LogP contribution is -2.28. The van der Waals surface area contributed by atoms with E-state index in [1.807, 2.05) is 29.9 Å². The lowest BCUT2D eigenvalue weighted by molar-refractivity contribution is -0.137. The Morgan fingerprint density at radius 2 is 2.14 bits per heavy atom. The third kappa shape index (κ3) is 3.36. The molecule has 0 atom stereocenters. The van der Waals surface area contributed by atoms with E-state index in [0.717, 1.165) is 16.5 Å². The molecule has 0 aliphatic carbocycles. The van der Waals surface area contributed by atoms with E-state index in [1.165, 1.54) is 11.3 Å². The van der Waals surface area contributed by atoms with Crippen LogP contribution < -0.4 is 0 Å².